The lowest BCUT2D eigenvalue weighted by molar-refractivity contribution is -0.384. The Labute approximate surface area is 212 Å². The summed E-state index contributed by atoms with van der Waals surface area (Å²) in [5, 5.41) is 10.9. The number of ketones is 1. The summed E-state index contributed by atoms with van der Waals surface area (Å²) in [7, 11) is 0. The number of esters is 2. The van der Waals surface area contributed by atoms with Crippen LogP contribution in [-0.4, -0.2) is 52.4 Å². The van der Waals surface area contributed by atoms with Gasteiger partial charge in [0.25, 0.3) is 5.69 Å². The number of nitro groups is 1. The fourth-order valence-corrected chi connectivity index (χ4v) is 3.14. The predicted molar refractivity (Wildman–Crippen MR) is 132 cm³/mol. The van der Waals surface area contributed by atoms with Gasteiger partial charge in [0.15, 0.2) is 5.78 Å². The van der Waals surface area contributed by atoms with Crippen molar-refractivity contribution in [2.45, 2.75) is 19.8 Å². The average Bonchev–Trinajstić information content (AvgIpc) is 3.41. The molecule has 0 radical (unpaired) electrons. The smallest absolute Gasteiger partial charge is 0.341 e. The van der Waals surface area contributed by atoms with E-state index in [0.717, 1.165) is 5.82 Å². The first-order valence-corrected chi connectivity index (χ1v) is 11.4. The number of carbonyl (C=O) groups excluding carboxylic acids is 3. The molecular formula is C26H25N3O8. The third-order valence-corrected chi connectivity index (χ3v) is 5.00. The topological polar surface area (TPSA) is 151 Å². The Morgan fingerprint density at radius 1 is 1.05 bits per heavy atom. The van der Waals surface area contributed by atoms with Crippen molar-refractivity contribution in [1.29, 1.82) is 0 Å². The van der Waals surface area contributed by atoms with Gasteiger partial charge >= 0.3 is 11.9 Å². The minimum Gasteiger partial charge on any atom is -0.493 e. The average molecular weight is 507 g/mol. The van der Waals surface area contributed by atoms with Gasteiger partial charge in [-0.05, 0) is 42.8 Å². The van der Waals surface area contributed by atoms with Crippen molar-refractivity contribution in [2.75, 3.05) is 19.8 Å². The van der Waals surface area contributed by atoms with E-state index in [1.165, 1.54) is 37.3 Å². The number of nitrogens with one attached hydrogen (secondary N) is 1. The van der Waals surface area contributed by atoms with Crippen LogP contribution >= 0.6 is 0 Å². The van der Waals surface area contributed by atoms with Gasteiger partial charge in [-0.1, -0.05) is 12.1 Å². The summed E-state index contributed by atoms with van der Waals surface area (Å²) < 4.78 is 15.9. The van der Waals surface area contributed by atoms with E-state index in [0.29, 0.717) is 29.9 Å². The van der Waals surface area contributed by atoms with E-state index in [1.54, 1.807) is 36.7 Å². The number of imidazole rings is 1. The van der Waals surface area contributed by atoms with Gasteiger partial charge in [-0.3, -0.25) is 14.9 Å². The van der Waals surface area contributed by atoms with Crippen LogP contribution in [0.2, 0.25) is 0 Å². The molecule has 0 bridgehead atoms. The maximum Gasteiger partial charge on any atom is 0.341 e. The normalized spacial score (nSPS) is 11.0. The van der Waals surface area contributed by atoms with Gasteiger partial charge in [-0.25, -0.2) is 14.6 Å². The molecule has 2 aromatic carbocycles. The summed E-state index contributed by atoms with van der Waals surface area (Å²) in [6.45, 7) is 1.54. The zero-order valence-electron chi connectivity index (χ0n) is 20.0. The second-order valence-electron chi connectivity index (χ2n) is 7.75. The molecule has 0 saturated carbocycles. The predicted octanol–water partition coefficient (Wildman–Crippen LogP) is 3.70. The van der Waals surface area contributed by atoms with Gasteiger partial charge in [0.2, 0.25) is 0 Å². The third-order valence-electron chi connectivity index (χ3n) is 5.00. The second-order valence-corrected chi connectivity index (χ2v) is 7.75. The van der Waals surface area contributed by atoms with Gasteiger partial charge in [0.1, 0.15) is 17.1 Å². The standard InChI is InChI=1S/C26H25N3O8/c1-18(30)23(17-19-4-2-5-21(16-19)29(33)34)26(32)37-14-3-13-36-25(31)20-6-8-22(9-7-20)35-15-10-24-27-11-12-28-24/h2,4-9,11-12,16-17H,3,10,13-15H2,1H3,(H,27,28)/b23-17+. The number of nitro benzene ring substituents is 1. The van der Waals surface area contributed by atoms with Crippen molar-refractivity contribution in [3.05, 3.63) is 93.6 Å². The van der Waals surface area contributed by atoms with Gasteiger partial charge < -0.3 is 19.2 Å². The number of aromatic nitrogens is 2. The van der Waals surface area contributed by atoms with Gasteiger partial charge in [0.05, 0.1) is 30.3 Å². The summed E-state index contributed by atoms with van der Waals surface area (Å²) in [6, 6.07) is 12.0. The van der Waals surface area contributed by atoms with Crippen LogP contribution in [0.1, 0.15) is 35.1 Å². The molecule has 37 heavy (non-hydrogen) atoms. The number of hydrogen-bond acceptors (Lipinski definition) is 9. The Morgan fingerprint density at radius 3 is 2.49 bits per heavy atom. The largest absolute Gasteiger partial charge is 0.493 e. The van der Waals surface area contributed by atoms with Crippen LogP contribution < -0.4 is 4.74 Å². The summed E-state index contributed by atoms with van der Waals surface area (Å²) in [6.07, 6.45) is 5.49. The van der Waals surface area contributed by atoms with Crippen molar-refractivity contribution in [3.8, 4) is 5.75 Å². The van der Waals surface area contributed by atoms with E-state index in [9.17, 15) is 24.5 Å². The molecule has 0 atom stereocenters. The molecule has 11 nitrogen and oxygen atoms in total. The molecule has 0 unspecified atom stereocenters. The highest BCUT2D eigenvalue weighted by Crippen LogP contribution is 2.17. The van der Waals surface area contributed by atoms with Crippen molar-refractivity contribution in [3.63, 3.8) is 0 Å². The molecule has 1 N–H and O–H groups in total. The van der Waals surface area contributed by atoms with Crippen LogP contribution in [0.5, 0.6) is 5.75 Å². The number of carbonyl (C=O) groups is 3. The molecule has 0 fully saturated rings. The molecule has 0 saturated heterocycles. The molecule has 192 valence electrons. The first-order valence-electron chi connectivity index (χ1n) is 11.4. The van der Waals surface area contributed by atoms with E-state index in [-0.39, 0.29) is 30.9 Å². The number of benzene rings is 2. The zero-order chi connectivity index (χ0) is 26.6. The Balaban J connectivity index is 1.41. The number of nitrogens with zero attached hydrogens (tertiary/aromatic N) is 2. The first kappa shape index (κ1) is 26.8. The fraction of sp³-hybridized carbons (Fsp3) is 0.231. The van der Waals surface area contributed by atoms with E-state index in [1.807, 2.05) is 0 Å². The highest BCUT2D eigenvalue weighted by atomic mass is 16.6. The van der Waals surface area contributed by atoms with Crippen molar-refractivity contribution < 1.29 is 33.5 Å². The molecule has 11 heteroatoms. The summed E-state index contributed by atoms with van der Waals surface area (Å²) in [4.78, 5) is 53.9. The molecule has 0 amide bonds. The van der Waals surface area contributed by atoms with E-state index in [4.69, 9.17) is 14.2 Å². The van der Waals surface area contributed by atoms with Gasteiger partial charge in [-0.2, -0.15) is 0 Å². The Morgan fingerprint density at radius 2 is 1.81 bits per heavy atom. The van der Waals surface area contributed by atoms with Crippen LogP contribution in [0.25, 0.3) is 6.08 Å². The van der Waals surface area contributed by atoms with Crippen LogP contribution in [0.4, 0.5) is 5.69 Å². The molecule has 1 aromatic heterocycles. The van der Waals surface area contributed by atoms with E-state index in [2.05, 4.69) is 9.97 Å². The van der Waals surface area contributed by atoms with E-state index < -0.39 is 22.6 Å². The Kier molecular flexibility index (Phi) is 9.66. The molecule has 3 aromatic rings. The number of aromatic amines is 1. The van der Waals surface area contributed by atoms with Crippen LogP contribution in [0.3, 0.4) is 0 Å². The lowest BCUT2D eigenvalue weighted by atomic mass is 10.1. The quantitative estimate of drug-likeness (QED) is 0.0694. The van der Waals surface area contributed by atoms with E-state index >= 15 is 0 Å². The number of non-ortho nitro benzene ring substituents is 1. The minimum atomic E-state index is -0.868. The summed E-state index contributed by atoms with van der Waals surface area (Å²) in [5.74, 6) is -0.524. The number of Topliss-reactive ketones (excluding diaryl/α,β-unsaturated/α-hetero) is 1. The SMILES string of the molecule is CC(=O)/C(=C\c1cccc([N+](=O)[O-])c1)C(=O)OCCCOC(=O)c1ccc(OCCc2ncc[nH]2)cc1. The maximum absolute atomic E-state index is 12.3. The second kappa shape index (κ2) is 13.3. The lowest BCUT2D eigenvalue weighted by Crippen LogP contribution is -2.16. The zero-order valence-corrected chi connectivity index (χ0v) is 20.0. The molecule has 0 aliphatic heterocycles. The summed E-state index contributed by atoms with van der Waals surface area (Å²) >= 11 is 0. The maximum atomic E-state index is 12.3. The van der Waals surface area contributed by atoms with Crippen molar-refractivity contribution in [2.24, 2.45) is 0 Å². The first-order chi connectivity index (χ1) is 17.8. The van der Waals surface area contributed by atoms with Gasteiger partial charge in [-0.15, -0.1) is 0 Å². The number of H-pyrrole nitrogens is 1. The molecule has 1 heterocycles. The van der Waals surface area contributed by atoms with Crippen LogP contribution in [0, 0.1) is 10.1 Å². The minimum absolute atomic E-state index is 0.00247. The molecule has 3 rings (SSSR count). The molecular weight excluding hydrogens is 482 g/mol. The number of ether oxygens (including phenoxy) is 3. The van der Waals surface area contributed by atoms with Crippen molar-refractivity contribution in [1.82, 2.24) is 9.97 Å². The molecule has 0 spiro atoms. The number of rotatable bonds is 13. The Bertz CT molecular complexity index is 1270. The fourth-order valence-electron chi connectivity index (χ4n) is 3.14. The lowest BCUT2D eigenvalue weighted by Gasteiger charge is -2.08. The van der Waals surface area contributed by atoms with Gasteiger partial charge in [0, 0.05) is 37.4 Å². The number of hydrogen-bond donors (Lipinski definition) is 1. The van der Waals surface area contributed by atoms with Crippen LogP contribution in [-0.2, 0) is 25.5 Å². The molecule has 0 aliphatic rings. The molecule has 0 aliphatic carbocycles. The third kappa shape index (κ3) is 8.42. The Hall–Kier alpha value is -4.80. The van der Waals surface area contributed by atoms with Crippen LogP contribution in [0.15, 0.2) is 66.5 Å². The highest BCUT2D eigenvalue weighted by Gasteiger charge is 2.17. The highest BCUT2D eigenvalue weighted by molar-refractivity contribution is 6.19. The monoisotopic (exact) mass is 507 g/mol. The van der Waals surface area contributed by atoms with Crippen molar-refractivity contribution >= 4 is 29.5 Å². The summed E-state index contributed by atoms with van der Waals surface area (Å²) in [5.41, 5.74) is 0.247.